The van der Waals surface area contributed by atoms with Crippen LogP contribution in [0.15, 0.2) is 123 Å². The largest absolute Gasteiger partial charge is 0.465 e. The number of alkyl halides is 1. The molecule has 0 saturated carbocycles. The van der Waals surface area contributed by atoms with Crippen molar-refractivity contribution in [2.75, 3.05) is 160 Å². The van der Waals surface area contributed by atoms with Crippen LogP contribution in [0.1, 0.15) is 251 Å². The molecule has 5 saturated heterocycles. The first kappa shape index (κ1) is 108. The molecule has 5 fully saturated rings. The number of esters is 6. The van der Waals surface area contributed by atoms with Crippen LogP contribution in [0.2, 0.25) is 0 Å². The number of aliphatic hydroxyl groups excluding tert-OH is 1. The van der Waals surface area contributed by atoms with Crippen molar-refractivity contribution in [3.63, 3.8) is 0 Å². The van der Waals surface area contributed by atoms with Gasteiger partial charge in [-0.25, -0.2) is 28.8 Å². The molecular weight excluding hydrogens is 1930 g/mol. The second kappa shape index (κ2) is 52.0. The third-order valence-corrected chi connectivity index (χ3v) is 28.2. The topological polar surface area (TPSA) is 345 Å². The molecule has 5 aliphatic rings. The maximum absolute atomic E-state index is 12.6. The van der Waals surface area contributed by atoms with Gasteiger partial charge in [-0.3, -0.25) is 4.79 Å². The quantitative estimate of drug-likeness (QED) is 0.0190. The molecule has 0 atom stereocenters. The maximum atomic E-state index is 12.6. The minimum absolute atomic E-state index is 0.205. The van der Waals surface area contributed by atoms with Crippen LogP contribution in [-0.2, 0) is 103 Å². The zero-order valence-corrected chi connectivity index (χ0v) is 86.7. The first-order valence-corrected chi connectivity index (χ1v) is 50.8. The van der Waals surface area contributed by atoms with Crippen molar-refractivity contribution in [1.29, 1.82) is 0 Å². The fourth-order valence-electron chi connectivity index (χ4n) is 20.2. The lowest BCUT2D eigenvalue weighted by molar-refractivity contribution is 0.0592. The summed E-state index contributed by atoms with van der Waals surface area (Å²) in [5.41, 5.74) is 18.4. The van der Waals surface area contributed by atoms with Gasteiger partial charge in [0.15, 0.2) is 12.0 Å². The minimum Gasteiger partial charge on any atom is -0.465 e. The van der Waals surface area contributed by atoms with Crippen molar-refractivity contribution in [1.82, 2.24) is 0 Å². The van der Waals surface area contributed by atoms with Crippen LogP contribution < -0.4 is 24.9 Å². The number of hydrogen-bond donors (Lipinski definition) is 2. The number of anilines is 5. The number of methoxy groups -OCH3 is 6. The van der Waals surface area contributed by atoms with E-state index in [9.17, 15) is 38.7 Å². The van der Waals surface area contributed by atoms with Crippen molar-refractivity contribution < 1.29 is 117 Å². The number of halogens is 2. The van der Waals surface area contributed by atoms with Gasteiger partial charge in [-0.2, -0.15) is 0 Å². The predicted octanol–water partition coefficient (Wildman–Crippen LogP) is 22.3. The lowest BCUT2D eigenvalue weighted by atomic mass is 9.96. The van der Waals surface area contributed by atoms with E-state index in [0.717, 1.165) is 287 Å². The number of nitrogens with one attached hydrogen (secondary N) is 1. The normalized spacial score (nSPS) is 14.9. The number of ether oxygens (including phenoxy) is 11. The molecular formula is C108H135Br2N5O25. The second-order valence-electron chi connectivity index (χ2n) is 34.3. The highest BCUT2D eigenvalue weighted by molar-refractivity contribution is 9.10. The number of benzene rings is 6. The van der Waals surface area contributed by atoms with Crippen LogP contribution in [0.3, 0.4) is 0 Å². The Morgan fingerprint density at radius 2 is 0.636 bits per heavy atom. The number of carbonyl (C=O) groups is 7. The Morgan fingerprint density at radius 1 is 0.357 bits per heavy atom. The Kier molecular flexibility index (Phi) is 39.9. The molecule has 5 aliphatic heterocycles. The Balaban J connectivity index is 0.000000151. The molecule has 6 aromatic carbocycles. The van der Waals surface area contributed by atoms with Gasteiger partial charge in [0.1, 0.15) is 51.6 Å². The van der Waals surface area contributed by atoms with E-state index in [2.05, 4.69) is 110 Å². The van der Waals surface area contributed by atoms with Gasteiger partial charge in [0, 0.05) is 218 Å². The van der Waals surface area contributed by atoms with Gasteiger partial charge < -0.3 is 109 Å². The molecule has 0 bridgehead atoms. The van der Waals surface area contributed by atoms with Crippen LogP contribution in [0.25, 0.3) is 65.8 Å². The molecule has 6 aromatic heterocycles. The standard InChI is InChI=1S/C20H26BrNO4.C20H27NO5.C20H25NO5.C19H25NO4.C17H21NO4.C12H11BrO3/c1-4-15-17(22(5-2)13-6-8-25-9-7-13)11-18-16(10-14(12-21)26-18)19(15)20(23)24-3;2*1-4-15-17(21(5-2)13-6-8-25-9-7-13)11-18-16(10-14(12-22)26-18)19(15)20(23)24-3;1-4-14-16(20(5-2)13-6-9-23-10-7-13)12-17-15(8-11-24-17)18(14)19(21)22-3;1-3-12-14(18-11-4-7-21-8-5-11)10-15-13(6-9-22-15)16(12)17(19)20-2;1-3-7-9(13)6-10-8(4-5-16-10)11(7)12(14)15-2/h10-11,13H,4-9,12H2,1-3H3;10-11,13,22H,4-9,12H2,1-3H3;10-13H,4-9H2,1-3H3;8,11-13H,4-7,9-10H2,1-3H3;6,9-11,18H,3-5,7-8H2,1-2H3;4-6H,3H2,1-2H3. The maximum Gasteiger partial charge on any atom is 0.338 e. The smallest absolute Gasteiger partial charge is 0.338 e. The van der Waals surface area contributed by atoms with Gasteiger partial charge in [0.25, 0.3) is 0 Å². The van der Waals surface area contributed by atoms with Gasteiger partial charge >= 0.3 is 35.8 Å². The van der Waals surface area contributed by atoms with Crippen molar-refractivity contribution in [2.24, 2.45) is 0 Å². The Bertz CT molecular complexity index is 6070. The average molecular weight is 2060 g/mol. The fourth-order valence-corrected chi connectivity index (χ4v) is 21.2. The number of hydrogen-bond acceptors (Lipinski definition) is 30. The van der Waals surface area contributed by atoms with Gasteiger partial charge in [-0.05, 0) is 206 Å². The monoisotopic (exact) mass is 2060 g/mol. The lowest BCUT2D eigenvalue weighted by Crippen LogP contribution is -2.40. The van der Waals surface area contributed by atoms with Crippen LogP contribution in [0, 0.1) is 0 Å². The summed E-state index contributed by atoms with van der Waals surface area (Å²) < 4.78 is 92.2. The summed E-state index contributed by atoms with van der Waals surface area (Å²) in [7, 11) is 8.42. The van der Waals surface area contributed by atoms with Crippen molar-refractivity contribution in [3.8, 4) is 0 Å². The number of aldehydes is 1. The van der Waals surface area contributed by atoms with E-state index in [1.54, 1.807) is 37.0 Å². The van der Waals surface area contributed by atoms with Crippen LogP contribution in [0.4, 0.5) is 28.4 Å². The lowest BCUT2D eigenvalue weighted by Gasteiger charge is -2.36. The van der Waals surface area contributed by atoms with Crippen LogP contribution >= 0.6 is 31.9 Å². The summed E-state index contributed by atoms with van der Waals surface area (Å²) in [5, 5.41) is 18.2. The minimum atomic E-state index is -0.407. The molecule has 12 aromatic rings. The number of fused-ring (bicyclic) bond motifs is 6. The highest BCUT2D eigenvalue weighted by Gasteiger charge is 2.35. The molecule has 11 heterocycles. The summed E-state index contributed by atoms with van der Waals surface area (Å²) in [6, 6.07) is 24.6. The van der Waals surface area contributed by atoms with Crippen molar-refractivity contribution >= 4 is 168 Å². The number of rotatable bonds is 29. The molecule has 0 aliphatic carbocycles. The van der Waals surface area contributed by atoms with Gasteiger partial charge in [-0.15, -0.1) is 0 Å². The average Bonchev–Trinajstić information content (AvgIpc) is 1.64. The third kappa shape index (κ3) is 24.0. The Morgan fingerprint density at radius 3 is 0.950 bits per heavy atom. The molecule has 0 amide bonds. The summed E-state index contributed by atoms with van der Waals surface area (Å²) >= 11 is 6.88. The summed E-state index contributed by atoms with van der Waals surface area (Å²) in [6.45, 7) is 31.7. The zero-order chi connectivity index (χ0) is 100. The number of furan rings is 6. The molecule has 32 heteroatoms. The van der Waals surface area contributed by atoms with Crippen LogP contribution in [-0.4, -0.2) is 212 Å². The van der Waals surface area contributed by atoms with Gasteiger partial charge in [0.2, 0.25) is 0 Å². The first-order valence-electron chi connectivity index (χ1n) is 48.9. The summed E-state index contributed by atoms with van der Waals surface area (Å²) in [4.78, 5) is 94.8. The van der Waals surface area contributed by atoms with Crippen molar-refractivity contribution in [2.45, 2.75) is 214 Å². The molecule has 30 nitrogen and oxygen atoms in total. The van der Waals surface area contributed by atoms with E-state index in [4.69, 9.17) is 78.6 Å². The van der Waals surface area contributed by atoms with Crippen molar-refractivity contribution in [3.05, 3.63) is 180 Å². The Labute approximate surface area is 834 Å². The first-order chi connectivity index (χ1) is 68.0. The van der Waals surface area contributed by atoms with Gasteiger partial charge in [-0.1, -0.05) is 73.4 Å². The molecule has 140 heavy (non-hydrogen) atoms. The summed E-state index contributed by atoms with van der Waals surface area (Å²) in [5.74, 6) is -0.586. The molecule has 0 unspecified atom stereocenters. The van der Waals surface area contributed by atoms with E-state index >= 15 is 0 Å². The van der Waals surface area contributed by atoms with Crippen LogP contribution in [0.5, 0.6) is 0 Å². The molecule has 0 radical (unpaired) electrons. The summed E-state index contributed by atoms with van der Waals surface area (Å²) in [6.07, 6.45) is 19.6. The number of nitrogens with zero attached hydrogens (tertiary/aromatic N) is 4. The van der Waals surface area contributed by atoms with E-state index in [-0.39, 0.29) is 42.2 Å². The predicted molar refractivity (Wildman–Crippen MR) is 548 cm³/mol. The molecule has 0 spiro atoms. The van der Waals surface area contributed by atoms with E-state index in [1.807, 2.05) is 70.2 Å². The molecule has 17 rings (SSSR count). The highest BCUT2D eigenvalue weighted by Crippen LogP contribution is 2.44. The SMILES string of the molecule is CCc1c(Br)cc2occc2c1C(=O)OC.CCc1c(N(CC)C2CCOCC2)cc2oc(C=O)cc2c1C(=O)OC.CCc1c(N(CC)C2CCOCC2)cc2oc(CBr)cc2c1C(=O)OC.CCc1c(N(CC)C2CCOCC2)cc2oc(CO)cc2c1C(=O)OC.CCc1c(N(CC)C2CCOCC2)cc2occc2c1C(=O)OC.CCc1c(NC2CCOCC2)cc2occc2c1C(=O)OC. The molecule has 2 N–H and O–H groups in total. The van der Waals surface area contributed by atoms with E-state index in [0.29, 0.717) is 127 Å². The number of carbonyl (C=O) groups excluding carboxylic acids is 7. The second-order valence-corrected chi connectivity index (χ2v) is 35.7. The van der Waals surface area contributed by atoms with E-state index < -0.39 is 5.97 Å². The third-order valence-electron chi connectivity index (χ3n) is 26.9. The van der Waals surface area contributed by atoms with Gasteiger partial charge in [0.05, 0.1) is 100 Å². The zero-order valence-electron chi connectivity index (χ0n) is 83.5. The number of aliphatic hydroxyl groups is 1. The fraction of sp³-hybridized carbons (Fsp3) is 0.491. The van der Waals surface area contributed by atoms with E-state index in [1.165, 1.54) is 42.7 Å². The Hall–Kier alpha value is -11.2. The highest BCUT2D eigenvalue weighted by atomic mass is 79.9. The molecule has 756 valence electrons.